The van der Waals surface area contributed by atoms with Crippen LogP contribution >= 0.6 is 0 Å². The number of ether oxygens (including phenoxy) is 3. The van der Waals surface area contributed by atoms with Crippen molar-refractivity contribution in [2.75, 3.05) is 13.2 Å². The smallest absolute Gasteiger partial charge is 0.306 e. The summed E-state index contributed by atoms with van der Waals surface area (Å²) in [7, 11) is 0. The number of allylic oxidation sites excluding steroid dienone is 12. The van der Waals surface area contributed by atoms with E-state index < -0.39 is 6.10 Å². The molecule has 1 unspecified atom stereocenters. The minimum Gasteiger partial charge on any atom is -0.462 e. The van der Waals surface area contributed by atoms with Crippen LogP contribution in [0.15, 0.2) is 72.9 Å². The van der Waals surface area contributed by atoms with Crippen molar-refractivity contribution in [3.63, 3.8) is 0 Å². The Hall–Kier alpha value is -3.15. The Morgan fingerprint density at radius 2 is 0.474 bits per heavy atom. The van der Waals surface area contributed by atoms with Gasteiger partial charge in [-0.05, 0) is 116 Å². The van der Waals surface area contributed by atoms with Crippen LogP contribution in [0, 0.1) is 0 Å². The highest BCUT2D eigenvalue weighted by atomic mass is 16.6. The Morgan fingerprint density at radius 3 is 0.776 bits per heavy atom. The van der Waals surface area contributed by atoms with E-state index in [1.165, 1.54) is 205 Å². The molecule has 0 rings (SSSR count). The lowest BCUT2D eigenvalue weighted by atomic mass is 10.1. The molecule has 0 aromatic rings. The highest BCUT2D eigenvalue weighted by Gasteiger charge is 2.19. The van der Waals surface area contributed by atoms with E-state index in [0.29, 0.717) is 19.3 Å². The van der Waals surface area contributed by atoms with Crippen LogP contribution in [0.2, 0.25) is 0 Å². The zero-order valence-electron chi connectivity index (χ0n) is 50.5. The van der Waals surface area contributed by atoms with Gasteiger partial charge < -0.3 is 14.2 Å². The van der Waals surface area contributed by atoms with E-state index in [-0.39, 0.29) is 31.1 Å². The van der Waals surface area contributed by atoms with Gasteiger partial charge in [0.2, 0.25) is 0 Å². The van der Waals surface area contributed by atoms with Crippen LogP contribution in [0.3, 0.4) is 0 Å². The number of esters is 3. The summed E-state index contributed by atoms with van der Waals surface area (Å²) in [6.07, 6.45) is 83.3. The standard InChI is InChI=1S/C70H124O6/c1-4-7-10-13-16-19-22-25-28-31-32-33-34-35-36-37-38-40-42-45-48-51-54-57-60-63-69(72)75-66-67(65-74-68(71)62-59-56-53-50-47-44-41-30-27-24-21-18-15-12-9-6-3)76-70(73)64-61-58-55-52-49-46-43-39-29-26-23-20-17-14-11-8-5-2/h17,20,22,25-26,29-32,34-35,41,67H,4-16,18-19,21,23-24,27-28,33,36-40,42-66H2,1-3H3/b20-17-,25-22-,29-26-,32-31-,35-34-,41-30-. The normalized spacial score (nSPS) is 12.5. The van der Waals surface area contributed by atoms with Crippen LogP contribution in [0.1, 0.15) is 335 Å². The lowest BCUT2D eigenvalue weighted by Crippen LogP contribution is -2.30. The molecular formula is C70H124O6. The predicted molar refractivity (Wildman–Crippen MR) is 330 cm³/mol. The Labute approximate surface area is 472 Å². The average molecular weight is 1060 g/mol. The molecule has 0 fully saturated rings. The van der Waals surface area contributed by atoms with Gasteiger partial charge >= 0.3 is 17.9 Å². The monoisotopic (exact) mass is 1060 g/mol. The van der Waals surface area contributed by atoms with Crippen molar-refractivity contribution < 1.29 is 28.6 Å². The molecule has 0 saturated carbocycles. The molecule has 0 heterocycles. The van der Waals surface area contributed by atoms with Crippen molar-refractivity contribution in [2.45, 2.75) is 341 Å². The molecule has 0 spiro atoms. The third kappa shape index (κ3) is 61.7. The highest BCUT2D eigenvalue weighted by molar-refractivity contribution is 5.71. The van der Waals surface area contributed by atoms with E-state index in [9.17, 15) is 14.4 Å². The SMILES string of the molecule is CCCCC/C=C\C/C=C\CCCCCCCCCC(=O)OC(COC(=O)CCCCCCC/C=C\CCCCCCCCC)COC(=O)CCCCCCCCCCCC/C=C\C/C=C\C/C=C\CCCCCCC. The Morgan fingerprint density at radius 1 is 0.263 bits per heavy atom. The predicted octanol–water partition coefficient (Wildman–Crippen LogP) is 22.5. The van der Waals surface area contributed by atoms with E-state index >= 15 is 0 Å². The second-order valence-corrected chi connectivity index (χ2v) is 22.0. The molecule has 0 aromatic heterocycles. The molecule has 6 nitrogen and oxygen atoms in total. The molecule has 6 heteroatoms. The first-order valence-corrected chi connectivity index (χ1v) is 32.9. The minimum absolute atomic E-state index is 0.0820. The summed E-state index contributed by atoms with van der Waals surface area (Å²) >= 11 is 0. The summed E-state index contributed by atoms with van der Waals surface area (Å²) in [4.78, 5) is 38.4. The number of hydrogen-bond acceptors (Lipinski definition) is 6. The van der Waals surface area contributed by atoms with Gasteiger partial charge in [0, 0.05) is 19.3 Å². The maximum atomic E-state index is 12.9. The first-order valence-electron chi connectivity index (χ1n) is 32.9. The largest absolute Gasteiger partial charge is 0.462 e. The van der Waals surface area contributed by atoms with Gasteiger partial charge in [-0.25, -0.2) is 0 Å². The van der Waals surface area contributed by atoms with Crippen LogP contribution in [0.25, 0.3) is 0 Å². The lowest BCUT2D eigenvalue weighted by Gasteiger charge is -2.18. The second-order valence-electron chi connectivity index (χ2n) is 22.0. The molecule has 0 radical (unpaired) electrons. The molecule has 76 heavy (non-hydrogen) atoms. The van der Waals surface area contributed by atoms with E-state index in [2.05, 4.69) is 93.7 Å². The first-order chi connectivity index (χ1) is 37.5. The Kier molecular flexibility index (Phi) is 61.7. The van der Waals surface area contributed by atoms with Crippen molar-refractivity contribution in [3.8, 4) is 0 Å². The van der Waals surface area contributed by atoms with E-state index in [1.54, 1.807) is 0 Å². The molecule has 0 aromatic carbocycles. The summed E-state index contributed by atoms with van der Waals surface area (Å²) in [6.45, 7) is 6.62. The fourth-order valence-corrected chi connectivity index (χ4v) is 9.42. The molecule has 1 atom stereocenters. The van der Waals surface area contributed by atoms with Gasteiger partial charge in [0.25, 0.3) is 0 Å². The van der Waals surface area contributed by atoms with Crippen LogP contribution in [-0.4, -0.2) is 37.2 Å². The van der Waals surface area contributed by atoms with Gasteiger partial charge in [0.15, 0.2) is 6.10 Å². The molecule has 0 aliphatic carbocycles. The first kappa shape index (κ1) is 72.8. The van der Waals surface area contributed by atoms with Gasteiger partial charge in [-0.3, -0.25) is 14.4 Å². The molecule has 0 bridgehead atoms. The minimum atomic E-state index is -0.786. The van der Waals surface area contributed by atoms with Gasteiger partial charge in [0.1, 0.15) is 13.2 Å². The Bertz CT molecular complexity index is 1400. The molecule has 0 amide bonds. The third-order valence-electron chi connectivity index (χ3n) is 14.4. The van der Waals surface area contributed by atoms with Crippen molar-refractivity contribution in [2.24, 2.45) is 0 Å². The van der Waals surface area contributed by atoms with Crippen LogP contribution in [-0.2, 0) is 28.6 Å². The molecular weight excluding hydrogens is 937 g/mol. The quantitative estimate of drug-likeness (QED) is 0.0261. The summed E-state index contributed by atoms with van der Waals surface area (Å²) < 4.78 is 16.9. The second kappa shape index (κ2) is 64.4. The topological polar surface area (TPSA) is 78.9 Å². The maximum absolute atomic E-state index is 12.9. The van der Waals surface area contributed by atoms with Crippen molar-refractivity contribution in [1.29, 1.82) is 0 Å². The number of rotatable bonds is 60. The van der Waals surface area contributed by atoms with E-state index in [1.807, 2.05) is 0 Å². The average Bonchev–Trinajstić information content (AvgIpc) is 3.42. The van der Waals surface area contributed by atoms with Gasteiger partial charge in [-0.1, -0.05) is 273 Å². The Balaban J connectivity index is 4.35. The van der Waals surface area contributed by atoms with Crippen LogP contribution in [0.5, 0.6) is 0 Å². The summed E-state index contributed by atoms with van der Waals surface area (Å²) in [5.41, 5.74) is 0. The highest BCUT2D eigenvalue weighted by Crippen LogP contribution is 2.16. The summed E-state index contributed by atoms with van der Waals surface area (Å²) in [5.74, 6) is -0.887. The van der Waals surface area contributed by atoms with Gasteiger partial charge in [-0.15, -0.1) is 0 Å². The van der Waals surface area contributed by atoms with Gasteiger partial charge in [-0.2, -0.15) is 0 Å². The fourth-order valence-electron chi connectivity index (χ4n) is 9.42. The zero-order valence-corrected chi connectivity index (χ0v) is 50.5. The number of carbonyl (C=O) groups is 3. The zero-order chi connectivity index (χ0) is 55.0. The molecule has 0 N–H and O–H groups in total. The number of carbonyl (C=O) groups excluding carboxylic acids is 3. The maximum Gasteiger partial charge on any atom is 0.306 e. The molecule has 0 aliphatic heterocycles. The third-order valence-corrected chi connectivity index (χ3v) is 14.4. The van der Waals surface area contributed by atoms with Crippen molar-refractivity contribution in [1.82, 2.24) is 0 Å². The lowest BCUT2D eigenvalue weighted by molar-refractivity contribution is -0.167. The summed E-state index contributed by atoms with van der Waals surface area (Å²) in [6, 6.07) is 0. The van der Waals surface area contributed by atoms with Crippen molar-refractivity contribution in [3.05, 3.63) is 72.9 Å². The van der Waals surface area contributed by atoms with E-state index in [0.717, 1.165) is 89.9 Å². The van der Waals surface area contributed by atoms with Gasteiger partial charge in [0.05, 0.1) is 0 Å². The summed E-state index contributed by atoms with van der Waals surface area (Å²) in [5, 5.41) is 0. The van der Waals surface area contributed by atoms with Crippen LogP contribution in [0.4, 0.5) is 0 Å². The van der Waals surface area contributed by atoms with Crippen molar-refractivity contribution >= 4 is 17.9 Å². The van der Waals surface area contributed by atoms with Crippen LogP contribution < -0.4 is 0 Å². The fraction of sp³-hybridized carbons (Fsp3) is 0.786. The number of hydrogen-bond donors (Lipinski definition) is 0. The molecule has 0 saturated heterocycles. The molecule has 0 aliphatic rings. The number of unbranched alkanes of at least 4 members (excludes halogenated alkanes) is 37. The van der Waals surface area contributed by atoms with E-state index in [4.69, 9.17) is 14.2 Å². The molecule has 440 valence electrons.